The number of amides is 1. The number of nitrogens with zero attached hydrogens (tertiary/aromatic N) is 1. The maximum absolute atomic E-state index is 12.3. The number of benzene rings is 2. The van der Waals surface area contributed by atoms with Crippen LogP contribution in [0.4, 0.5) is 5.69 Å². The van der Waals surface area contributed by atoms with Crippen molar-refractivity contribution in [2.45, 2.75) is 19.3 Å². The number of halogens is 1. The number of rotatable bonds is 5. The van der Waals surface area contributed by atoms with Gasteiger partial charge in [-0.05, 0) is 48.9 Å². The first kappa shape index (κ1) is 19.2. The van der Waals surface area contributed by atoms with Crippen LogP contribution < -0.4 is 5.73 Å². The van der Waals surface area contributed by atoms with Crippen LogP contribution in [0.2, 0.25) is 5.02 Å². The highest BCUT2D eigenvalue weighted by Crippen LogP contribution is 2.22. The molecule has 1 aliphatic rings. The predicted molar refractivity (Wildman–Crippen MR) is 106 cm³/mol. The van der Waals surface area contributed by atoms with E-state index in [2.05, 4.69) is 24.3 Å². The first-order valence-electron chi connectivity index (χ1n) is 9.07. The Bertz CT molecular complexity index is 802. The third-order valence-corrected chi connectivity index (χ3v) is 5.13. The summed E-state index contributed by atoms with van der Waals surface area (Å²) in [4.78, 5) is 26.2. The first-order valence-corrected chi connectivity index (χ1v) is 9.44. The van der Waals surface area contributed by atoms with Gasteiger partial charge in [0.1, 0.15) is 0 Å². The molecule has 0 bridgehead atoms. The van der Waals surface area contributed by atoms with Crippen molar-refractivity contribution in [3.63, 3.8) is 0 Å². The van der Waals surface area contributed by atoms with Crippen molar-refractivity contribution in [2.24, 2.45) is 5.92 Å². The molecule has 0 aliphatic carbocycles. The van der Waals surface area contributed by atoms with Gasteiger partial charge in [-0.25, -0.2) is 4.79 Å². The van der Waals surface area contributed by atoms with Gasteiger partial charge in [-0.3, -0.25) is 4.79 Å². The zero-order valence-electron chi connectivity index (χ0n) is 15.1. The third-order valence-electron chi connectivity index (χ3n) is 4.89. The van der Waals surface area contributed by atoms with Crippen LogP contribution >= 0.6 is 11.6 Å². The van der Waals surface area contributed by atoms with E-state index in [0.29, 0.717) is 24.0 Å². The van der Waals surface area contributed by atoms with E-state index in [4.69, 9.17) is 22.1 Å². The molecule has 1 aliphatic heterocycles. The summed E-state index contributed by atoms with van der Waals surface area (Å²) in [5, 5.41) is 0.443. The van der Waals surface area contributed by atoms with Crippen molar-refractivity contribution in [1.29, 1.82) is 0 Å². The molecule has 27 heavy (non-hydrogen) atoms. The number of anilines is 1. The summed E-state index contributed by atoms with van der Waals surface area (Å²) in [6, 6.07) is 14.9. The third kappa shape index (κ3) is 5.23. The van der Waals surface area contributed by atoms with E-state index < -0.39 is 5.97 Å². The highest BCUT2D eigenvalue weighted by atomic mass is 35.5. The normalized spacial score (nSPS) is 14.8. The second-order valence-electron chi connectivity index (χ2n) is 6.82. The molecule has 0 aromatic heterocycles. The van der Waals surface area contributed by atoms with Gasteiger partial charge in [0.25, 0.3) is 5.91 Å². The van der Waals surface area contributed by atoms with Crippen LogP contribution in [-0.2, 0) is 16.0 Å². The van der Waals surface area contributed by atoms with E-state index >= 15 is 0 Å². The molecule has 0 spiro atoms. The summed E-state index contributed by atoms with van der Waals surface area (Å²) < 4.78 is 5.13. The Morgan fingerprint density at radius 1 is 1.11 bits per heavy atom. The van der Waals surface area contributed by atoms with Crippen molar-refractivity contribution in [1.82, 2.24) is 4.90 Å². The maximum atomic E-state index is 12.3. The fourth-order valence-electron chi connectivity index (χ4n) is 3.35. The lowest BCUT2D eigenvalue weighted by molar-refractivity contribution is -0.135. The number of ether oxygens (including phenoxy) is 1. The number of carbonyl (C=O) groups excluding carboxylic acids is 2. The Hall–Kier alpha value is -2.53. The quantitative estimate of drug-likeness (QED) is 0.630. The molecule has 0 radical (unpaired) electrons. The Labute approximate surface area is 164 Å². The number of nitrogens with two attached hydrogens (primary N) is 1. The Balaban J connectivity index is 1.45. The molecule has 0 unspecified atom stereocenters. The summed E-state index contributed by atoms with van der Waals surface area (Å²) in [5.41, 5.74) is 7.55. The number of hydrogen-bond donors (Lipinski definition) is 1. The minimum absolute atomic E-state index is 0.172. The molecule has 1 saturated heterocycles. The monoisotopic (exact) mass is 386 g/mol. The van der Waals surface area contributed by atoms with Crippen LogP contribution in [-0.4, -0.2) is 36.5 Å². The SMILES string of the molecule is Nc1cc(Cl)ccc1C(=O)OCC(=O)N1CCC(Cc2ccccc2)CC1. The maximum Gasteiger partial charge on any atom is 0.340 e. The van der Waals surface area contributed by atoms with Gasteiger partial charge < -0.3 is 15.4 Å². The summed E-state index contributed by atoms with van der Waals surface area (Å²) in [5.74, 6) is -0.210. The van der Waals surface area contributed by atoms with Crippen LogP contribution in [0.15, 0.2) is 48.5 Å². The summed E-state index contributed by atoms with van der Waals surface area (Å²) >= 11 is 5.82. The van der Waals surface area contributed by atoms with Crippen LogP contribution in [0.25, 0.3) is 0 Å². The number of hydrogen-bond acceptors (Lipinski definition) is 4. The molecule has 6 heteroatoms. The molecule has 142 valence electrons. The summed E-state index contributed by atoms with van der Waals surface area (Å²) in [6.07, 6.45) is 2.95. The van der Waals surface area contributed by atoms with E-state index in [1.54, 1.807) is 11.0 Å². The average Bonchev–Trinajstić information content (AvgIpc) is 2.67. The average molecular weight is 387 g/mol. The predicted octanol–water partition coefficient (Wildman–Crippen LogP) is 3.56. The van der Waals surface area contributed by atoms with Gasteiger partial charge in [-0.15, -0.1) is 0 Å². The van der Waals surface area contributed by atoms with E-state index in [0.717, 1.165) is 19.3 Å². The first-order chi connectivity index (χ1) is 13.0. The van der Waals surface area contributed by atoms with Crippen LogP contribution in [0.1, 0.15) is 28.8 Å². The van der Waals surface area contributed by atoms with E-state index in [1.807, 2.05) is 6.07 Å². The lowest BCUT2D eigenvalue weighted by Gasteiger charge is -2.32. The van der Waals surface area contributed by atoms with E-state index in [9.17, 15) is 9.59 Å². The molecule has 0 atom stereocenters. The highest BCUT2D eigenvalue weighted by Gasteiger charge is 2.24. The van der Waals surface area contributed by atoms with E-state index in [1.165, 1.54) is 17.7 Å². The number of nitrogen functional groups attached to an aromatic ring is 1. The number of carbonyl (C=O) groups is 2. The van der Waals surface area contributed by atoms with Gasteiger partial charge in [-0.1, -0.05) is 41.9 Å². The van der Waals surface area contributed by atoms with Crippen molar-refractivity contribution in [3.8, 4) is 0 Å². The van der Waals surface area contributed by atoms with Gasteiger partial charge >= 0.3 is 5.97 Å². The Kier molecular flexibility index (Phi) is 6.35. The largest absolute Gasteiger partial charge is 0.452 e. The second kappa shape index (κ2) is 8.91. The van der Waals surface area contributed by atoms with Crippen LogP contribution in [0.5, 0.6) is 0 Å². The Morgan fingerprint density at radius 3 is 2.48 bits per heavy atom. The molecular weight excluding hydrogens is 364 g/mol. The van der Waals surface area contributed by atoms with Crippen LogP contribution in [0, 0.1) is 5.92 Å². The molecular formula is C21H23ClN2O3. The fraction of sp³-hybridized carbons (Fsp3) is 0.333. The van der Waals surface area contributed by atoms with Gasteiger partial charge in [0.15, 0.2) is 6.61 Å². The molecule has 3 rings (SSSR count). The minimum atomic E-state index is -0.614. The standard InChI is InChI=1S/C21H23ClN2O3/c22-17-6-7-18(19(23)13-17)21(26)27-14-20(25)24-10-8-16(9-11-24)12-15-4-2-1-3-5-15/h1-7,13,16H,8-12,14,23H2. The number of likely N-dealkylation sites (tertiary alicyclic amines) is 1. The highest BCUT2D eigenvalue weighted by molar-refractivity contribution is 6.31. The molecule has 2 aromatic carbocycles. The summed E-state index contributed by atoms with van der Waals surface area (Å²) in [6.45, 7) is 1.11. The van der Waals surface area contributed by atoms with E-state index in [-0.39, 0.29) is 23.8 Å². The zero-order chi connectivity index (χ0) is 19.2. The van der Waals surface area contributed by atoms with Crippen molar-refractivity contribution in [2.75, 3.05) is 25.4 Å². The molecule has 1 heterocycles. The smallest absolute Gasteiger partial charge is 0.340 e. The molecule has 2 aromatic rings. The number of piperidine rings is 1. The lowest BCUT2D eigenvalue weighted by atomic mass is 9.90. The molecule has 5 nitrogen and oxygen atoms in total. The van der Waals surface area contributed by atoms with Crippen molar-refractivity contribution < 1.29 is 14.3 Å². The molecule has 0 saturated carbocycles. The van der Waals surface area contributed by atoms with Gasteiger partial charge in [0.05, 0.1) is 5.56 Å². The fourth-order valence-corrected chi connectivity index (χ4v) is 3.53. The Morgan fingerprint density at radius 2 is 1.81 bits per heavy atom. The van der Waals surface area contributed by atoms with Crippen molar-refractivity contribution in [3.05, 3.63) is 64.7 Å². The topological polar surface area (TPSA) is 72.6 Å². The van der Waals surface area contributed by atoms with Gasteiger partial charge in [-0.2, -0.15) is 0 Å². The molecule has 1 amide bonds. The van der Waals surface area contributed by atoms with Gasteiger partial charge in [0, 0.05) is 23.8 Å². The number of esters is 1. The van der Waals surface area contributed by atoms with Crippen LogP contribution in [0.3, 0.4) is 0 Å². The lowest BCUT2D eigenvalue weighted by Crippen LogP contribution is -2.41. The molecule has 1 fully saturated rings. The van der Waals surface area contributed by atoms with Gasteiger partial charge in [0.2, 0.25) is 0 Å². The second-order valence-corrected chi connectivity index (χ2v) is 7.26. The minimum Gasteiger partial charge on any atom is -0.452 e. The summed E-state index contributed by atoms with van der Waals surface area (Å²) in [7, 11) is 0. The van der Waals surface area contributed by atoms with Crippen molar-refractivity contribution >= 4 is 29.2 Å². The zero-order valence-corrected chi connectivity index (χ0v) is 15.8. The molecule has 2 N–H and O–H groups in total.